The van der Waals surface area contributed by atoms with Crippen LogP contribution in [0.15, 0.2) is 24.3 Å². The van der Waals surface area contributed by atoms with Crippen LogP contribution in [0.4, 0.5) is 0 Å². The number of rotatable bonds is 6. The van der Waals surface area contributed by atoms with Gasteiger partial charge in [-0.2, -0.15) is 5.26 Å². The van der Waals surface area contributed by atoms with Crippen molar-refractivity contribution >= 4 is 0 Å². The summed E-state index contributed by atoms with van der Waals surface area (Å²) in [6, 6.07) is 11.2. The minimum atomic E-state index is -0.389. The van der Waals surface area contributed by atoms with Crippen LogP contribution in [0.25, 0.3) is 0 Å². The van der Waals surface area contributed by atoms with Gasteiger partial charge in [0.1, 0.15) is 0 Å². The maximum atomic E-state index is 9.82. The minimum Gasteiger partial charge on any atom is -0.309 e. The summed E-state index contributed by atoms with van der Waals surface area (Å²) in [5, 5.41) is 9.82. The highest BCUT2D eigenvalue weighted by atomic mass is 15.0. The van der Waals surface area contributed by atoms with Crippen molar-refractivity contribution in [3.63, 3.8) is 0 Å². The lowest BCUT2D eigenvalue weighted by atomic mass is 9.70. The third kappa shape index (κ3) is 3.61. The van der Waals surface area contributed by atoms with Gasteiger partial charge in [0.2, 0.25) is 0 Å². The molecule has 0 heterocycles. The van der Waals surface area contributed by atoms with E-state index in [1.165, 1.54) is 5.56 Å². The van der Waals surface area contributed by atoms with Crippen molar-refractivity contribution in [1.29, 1.82) is 5.26 Å². The van der Waals surface area contributed by atoms with Crippen LogP contribution in [0, 0.1) is 17.2 Å². The van der Waals surface area contributed by atoms with E-state index >= 15 is 0 Å². The van der Waals surface area contributed by atoms with Gasteiger partial charge in [0, 0.05) is 0 Å². The van der Waals surface area contributed by atoms with Crippen LogP contribution in [0.1, 0.15) is 51.2 Å². The Hall–Kier alpha value is -1.33. The molecule has 0 saturated carbocycles. The zero-order valence-corrected chi connectivity index (χ0v) is 13.8. The van der Waals surface area contributed by atoms with E-state index in [-0.39, 0.29) is 5.41 Å². The third-order valence-corrected chi connectivity index (χ3v) is 4.23. The van der Waals surface area contributed by atoms with Gasteiger partial charge >= 0.3 is 0 Å². The highest BCUT2D eigenvalue weighted by Crippen LogP contribution is 2.36. The molecule has 0 aliphatic carbocycles. The molecule has 0 fully saturated rings. The van der Waals surface area contributed by atoms with Gasteiger partial charge in [-0.15, -0.1) is 0 Å². The molecule has 2 nitrogen and oxygen atoms in total. The smallest absolute Gasteiger partial charge is 0.0857 e. The van der Waals surface area contributed by atoms with Crippen molar-refractivity contribution in [2.45, 2.75) is 45.4 Å². The Morgan fingerprint density at radius 2 is 1.65 bits per heavy atom. The first-order valence-electron chi connectivity index (χ1n) is 7.50. The molecular formula is C18H28N2. The fraction of sp³-hybridized carbons (Fsp3) is 0.611. The Balaban J connectivity index is 3.13. The van der Waals surface area contributed by atoms with Gasteiger partial charge < -0.3 is 4.90 Å². The van der Waals surface area contributed by atoms with E-state index in [1.807, 2.05) is 0 Å². The Labute approximate surface area is 124 Å². The van der Waals surface area contributed by atoms with E-state index in [9.17, 15) is 5.26 Å². The lowest BCUT2D eigenvalue weighted by molar-refractivity contribution is 0.303. The van der Waals surface area contributed by atoms with Gasteiger partial charge in [0.25, 0.3) is 0 Å². The molecule has 0 aromatic heterocycles. The average molecular weight is 272 g/mol. The number of hydrogen-bond donors (Lipinski definition) is 0. The van der Waals surface area contributed by atoms with Gasteiger partial charge in [-0.3, -0.25) is 0 Å². The summed E-state index contributed by atoms with van der Waals surface area (Å²) in [6.45, 7) is 9.62. The molecule has 0 saturated heterocycles. The maximum Gasteiger partial charge on any atom is 0.0857 e. The lowest BCUT2D eigenvalue weighted by Crippen LogP contribution is -2.34. The quantitative estimate of drug-likeness (QED) is 0.777. The molecule has 0 amide bonds. The highest BCUT2D eigenvalue weighted by molar-refractivity contribution is 5.36. The largest absolute Gasteiger partial charge is 0.309 e. The van der Waals surface area contributed by atoms with E-state index < -0.39 is 0 Å². The second-order valence-corrected chi connectivity index (χ2v) is 6.57. The molecule has 110 valence electrons. The van der Waals surface area contributed by atoms with Crippen LogP contribution in [0.2, 0.25) is 0 Å². The van der Waals surface area contributed by atoms with Crippen LogP contribution < -0.4 is 0 Å². The molecule has 1 aromatic carbocycles. The SMILES string of the molecule is CC(C)c1ccc(C(C#N)(CCN(C)C)C(C)C)cc1. The summed E-state index contributed by atoms with van der Waals surface area (Å²) in [5.41, 5.74) is 2.10. The van der Waals surface area contributed by atoms with Crippen LogP contribution in [0.3, 0.4) is 0 Å². The third-order valence-electron chi connectivity index (χ3n) is 4.23. The zero-order valence-electron chi connectivity index (χ0n) is 13.8. The Morgan fingerprint density at radius 3 is 2.00 bits per heavy atom. The van der Waals surface area contributed by atoms with E-state index in [4.69, 9.17) is 0 Å². The van der Waals surface area contributed by atoms with Gasteiger partial charge in [-0.05, 0) is 50.0 Å². The Morgan fingerprint density at radius 1 is 1.10 bits per heavy atom. The van der Waals surface area contributed by atoms with E-state index in [2.05, 4.69) is 77.0 Å². The topological polar surface area (TPSA) is 27.0 Å². The summed E-state index contributed by atoms with van der Waals surface area (Å²) in [6.07, 6.45) is 0.870. The zero-order chi connectivity index (χ0) is 15.3. The highest BCUT2D eigenvalue weighted by Gasteiger charge is 2.35. The molecule has 2 heteroatoms. The summed E-state index contributed by atoms with van der Waals surface area (Å²) in [5.74, 6) is 0.832. The van der Waals surface area contributed by atoms with Gasteiger partial charge in [0.05, 0.1) is 11.5 Å². The molecule has 0 spiro atoms. The Kier molecular flexibility index (Phi) is 5.77. The van der Waals surface area contributed by atoms with Crippen molar-refractivity contribution in [2.24, 2.45) is 5.92 Å². The standard InChI is InChI=1S/C18H28N2/c1-14(2)16-7-9-17(10-8-16)18(13-19,15(3)4)11-12-20(5)6/h7-10,14-15H,11-12H2,1-6H3. The van der Waals surface area contributed by atoms with Crippen molar-refractivity contribution in [2.75, 3.05) is 20.6 Å². The van der Waals surface area contributed by atoms with Crippen LogP contribution in [-0.4, -0.2) is 25.5 Å². The van der Waals surface area contributed by atoms with E-state index in [0.29, 0.717) is 11.8 Å². The van der Waals surface area contributed by atoms with Crippen LogP contribution in [-0.2, 0) is 5.41 Å². The number of nitrogens with zero attached hydrogens (tertiary/aromatic N) is 2. The van der Waals surface area contributed by atoms with Crippen molar-refractivity contribution in [3.8, 4) is 6.07 Å². The second-order valence-electron chi connectivity index (χ2n) is 6.57. The Bertz CT molecular complexity index is 451. The number of benzene rings is 1. The molecule has 20 heavy (non-hydrogen) atoms. The first-order valence-corrected chi connectivity index (χ1v) is 7.50. The number of nitriles is 1. The van der Waals surface area contributed by atoms with Crippen molar-refractivity contribution in [3.05, 3.63) is 35.4 Å². The molecule has 1 atom stereocenters. The molecule has 0 aliphatic rings. The average Bonchev–Trinajstić information content (AvgIpc) is 2.39. The molecular weight excluding hydrogens is 244 g/mol. The summed E-state index contributed by atoms with van der Waals surface area (Å²) in [4.78, 5) is 2.15. The van der Waals surface area contributed by atoms with Gasteiger partial charge in [-0.25, -0.2) is 0 Å². The summed E-state index contributed by atoms with van der Waals surface area (Å²) in [7, 11) is 4.12. The molecule has 1 unspecified atom stereocenters. The molecule has 0 radical (unpaired) electrons. The molecule has 1 rings (SSSR count). The summed E-state index contributed by atoms with van der Waals surface area (Å²) < 4.78 is 0. The first kappa shape index (κ1) is 16.7. The lowest BCUT2D eigenvalue weighted by Gasteiger charge is -2.32. The first-order chi connectivity index (χ1) is 9.33. The van der Waals surface area contributed by atoms with Crippen molar-refractivity contribution < 1.29 is 0 Å². The predicted molar refractivity (Wildman–Crippen MR) is 85.8 cm³/mol. The fourth-order valence-corrected chi connectivity index (χ4v) is 2.58. The van der Waals surface area contributed by atoms with E-state index in [1.54, 1.807) is 0 Å². The predicted octanol–water partition coefficient (Wildman–Crippen LogP) is 4.18. The fourth-order valence-electron chi connectivity index (χ4n) is 2.58. The second kappa shape index (κ2) is 6.90. The molecule has 1 aromatic rings. The maximum absolute atomic E-state index is 9.82. The number of hydrogen-bond acceptors (Lipinski definition) is 2. The van der Waals surface area contributed by atoms with E-state index in [0.717, 1.165) is 18.5 Å². The van der Waals surface area contributed by atoms with Crippen LogP contribution in [0.5, 0.6) is 0 Å². The summed E-state index contributed by atoms with van der Waals surface area (Å²) >= 11 is 0. The van der Waals surface area contributed by atoms with Gasteiger partial charge in [0.15, 0.2) is 0 Å². The minimum absolute atomic E-state index is 0.303. The monoisotopic (exact) mass is 272 g/mol. The van der Waals surface area contributed by atoms with Crippen LogP contribution >= 0.6 is 0 Å². The molecule has 0 aliphatic heterocycles. The van der Waals surface area contributed by atoms with Crippen molar-refractivity contribution in [1.82, 2.24) is 4.90 Å². The molecule has 0 bridgehead atoms. The normalized spacial score (nSPS) is 14.6. The van der Waals surface area contributed by atoms with Gasteiger partial charge in [-0.1, -0.05) is 52.0 Å². The molecule has 0 N–H and O–H groups in total.